The molecule has 1 heteroatoms. The molecule has 0 aliphatic heterocycles. The molecule has 4 aromatic rings. The minimum atomic E-state index is 0.602. The molecular weight excluding hydrogens is 314 g/mol. The van der Waals surface area contributed by atoms with Crippen molar-refractivity contribution in [2.24, 2.45) is 7.05 Å². The molecule has 0 radical (unpaired) electrons. The predicted octanol–water partition coefficient (Wildman–Crippen LogP) is 5.92. The summed E-state index contributed by atoms with van der Waals surface area (Å²) >= 11 is 0. The Morgan fingerprint density at radius 1 is 0.808 bits per heavy atom. The molecule has 1 nitrogen and oxygen atoms in total. The number of aromatic nitrogens is 1. The third-order valence-electron chi connectivity index (χ3n) is 5.37. The van der Waals surface area contributed by atoms with Gasteiger partial charge in [0.15, 0.2) is 5.69 Å². The molecule has 0 amide bonds. The zero-order valence-corrected chi connectivity index (χ0v) is 15.8. The predicted molar refractivity (Wildman–Crippen MR) is 110 cm³/mol. The van der Waals surface area contributed by atoms with Crippen molar-refractivity contribution in [3.8, 4) is 22.4 Å². The van der Waals surface area contributed by atoms with Gasteiger partial charge in [0, 0.05) is 13.0 Å². The Morgan fingerprint density at radius 3 is 2.27 bits per heavy atom. The molecule has 0 fully saturated rings. The van der Waals surface area contributed by atoms with Crippen LogP contribution in [0.3, 0.4) is 0 Å². The molecule has 3 aromatic carbocycles. The van der Waals surface area contributed by atoms with E-state index in [2.05, 4.69) is 86.1 Å². The normalized spacial score (nSPS) is 11.6. The number of benzene rings is 3. The number of rotatable bonds is 2. The molecular formula is C25H24N+. The summed E-state index contributed by atoms with van der Waals surface area (Å²) in [6, 6.07) is 24.0. The minimum absolute atomic E-state index is 0.602. The fourth-order valence-corrected chi connectivity index (χ4v) is 3.65. The summed E-state index contributed by atoms with van der Waals surface area (Å²) in [5.74, 6) is 0. The molecule has 0 saturated heterocycles. The molecule has 0 saturated carbocycles. The van der Waals surface area contributed by atoms with E-state index in [1.807, 2.05) is 13.0 Å². The standard InChI is InChI=1S/C25H24N/c1-17-14-22(20-10-6-5-7-11-20)16-24(19(17)3)25-23-13-9-8-12-21(23)15-18(2)26(25)4/h5-16H,1-4H3/q+1/i15D. The van der Waals surface area contributed by atoms with E-state index in [4.69, 9.17) is 1.37 Å². The number of aryl methyl sites for hydroxylation is 1. The second-order valence-corrected chi connectivity index (χ2v) is 7.00. The summed E-state index contributed by atoms with van der Waals surface area (Å²) in [4.78, 5) is 0. The highest BCUT2D eigenvalue weighted by atomic mass is 14.9. The Hall–Kier alpha value is -2.93. The fraction of sp³-hybridized carbons (Fsp3) is 0.160. The number of pyridine rings is 1. The van der Waals surface area contributed by atoms with Gasteiger partial charge < -0.3 is 0 Å². The van der Waals surface area contributed by atoms with Gasteiger partial charge >= 0.3 is 0 Å². The van der Waals surface area contributed by atoms with Gasteiger partial charge in [0.05, 0.1) is 12.3 Å². The molecule has 0 aliphatic rings. The van der Waals surface area contributed by atoms with Crippen LogP contribution < -0.4 is 4.57 Å². The quantitative estimate of drug-likeness (QED) is 0.399. The molecule has 26 heavy (non-hydrogen) atoms. The molecule has 0 spiro atoms. The molecule has 128 valence electrons. The van der Waals surface area contributed by atoms with Gasteiger partial charge in [-0.05, 0) is 53.6 Å². The number of fused-ring (bicyclic) bond motifs is 1. The van der Waals surface area contributed by atoms with Gasteiger partial charge in [0.1, 0.15) is 7.05 Å². The van der Waals surface area contributed by atoms with E-state index in [0.717, 1.165) is 16.5 Å². The topological polar surface area (TPSA) is 3.88 Å². The van der Waals surface area contributed by atoms with Crippen LogP contribution in [0.25, 0.3) is 33.2 Å². The first-order chi connectivity index (χ1) is 13.0. The fourth-order valence-electron chi connectivity index (χ4n) is 3.65. The van der Waals surface area contributed by atoms with Crippen molar-refractivity contribution in [2.45, 2.75) is 20.8 Å². The van der Waals surface area contributed by atoms with Gasteiger partial charge in [0.2, 0.25) is 5.69 Å². The first kappa shape index (κ1) is 15.3. The zero-order valence-electron chi connectivity index (χ0n) is 16.8. The Kier molecular flexibility index (Phi) is 3.79. The van der Waals surface area contributed by atoms with Crippen LogP contribution in [0, 0.1) is 20.8 Å². The highest BCUT2D eigenvalue weighted by molar-refractivity contribution is 5.94. The SMILES string of the molecule is [2H]c1c(C)[n+](C)c(-c2cc(-c3ccccc3)cc(C)c2C)c2ccccc12. The molecule has 0 unspecified atom stereocenters. The molecule has 0 atom stereocenters. The minimum Gasteiger partial charge on any atom is -0.198 e. The van der Waals surface area contributed by atoms with Crippen molar-refractivity contribution in [1.82, 2.24) is 0 Å². The van der Waals surface area contributed by atoms with Crippen LogP contribution in [-0.2, 0) is 7.05 Å². The van der Waals surface area contributed by atoms with Crippen LogP contribution in [0.4, 0.5) is 0 Å². The van der Waals surface area contributed by atoms with Gasteiger partial charge in [-0.25, -0.2) is 0 Å². The lowest BCUT2D eigenvalue weighted by atomic mass is 9.92. The van der Waals surface area contributed by atoms with Crippen LogP contribution in [0.1, 0.15) is 18.2 Å². The average Bonchev–Trinajstić information content (AvgIpc) is 2.70. The lowest BCUT2D eigenvalue weighted by Crippen LogP contribution is -2.35. The maximum Gasteiger partial charge on any atom is 0.220 e. The van der Waals surface area contributed by atoms with Crippen LogP contribution in [0.2, 0.25) is 0 Å². The van der Waals surface area contributed by atoms with E-state index in [9.17, 15) is 0 Å². The molecule has 1 heterocycles. The van der Waals surface area contributed by atoms with Crippen molar-refractivity contribution >= 4 is 10.8 Å². The Balaban J connectivity index is 2.10. The molecule has 1 aromatic heterocycles. The smallest absolute Gasteiger partial charge is 0.198 e. The number of hydrogen-bond donors (Lipinski definition) is 0. The lowest BCUT2D eigenvalue weighted by Gasteiger charge is -2.14. The second-order valence-electron chi connectivity index (χ2n) is 7.00. The van der Waals surface area contributed by atoms with E-state index in [1.165, 1.54) is 33.5 Å². The van der Waals surface area contributed by atoms with Crippen molar-refractivity contribution in [3.63, 3.8) is 0 Å². The van der Waals surface area contributed by atoms with Crippen LogP contribution >= 0.6 is 0 Å². The van der Waals surface area contributed by atoms with E-state index in [1.54, 1.807) is 0 Å². The summed E-state index contributed by atoms with van der Waals surface area (Å²) in [6.45, 7) is 6.40. The molecule has 0 bridgehead atoms. The van der Waals surface area contributed by atoms with E-state index >= 15 is 0 Å². The van der Waals surface area contributed by atoms with Crippen molar-refractivity contribution in [2.75, 3.05) is 0 Å². The zero-order chi connectivity index (χ0) is 19.1. The summed E-state index contributed by atoms with van der Waals surface area (Å²) in [5, 5.41) is 2.13. The second kappa shape index (κ2) is 6.42. The molecule has 0 N–H and O–H groups in total. The van der Waals surface area contributed by atoms with Gasteiger partial charge in [-0.1, -0.05) is 54.6 Å². The lowest BCUT2D eigenvalue weighted by molar-refractivity contribution is -0.665. The van der Waals surface area contributed by atoms with Crippen molar-refractivity contribution in [3.05, 3.63) is 89.6 Å². The average molecular weight is 339 g/mol. The van der Waals surface area contributed by atoms with Crippen molar-refractivity contribution < 1.29 is 5.94 Å². The van der Waals surface area contributed by atoms with E-state index in [-0.39, 0.29) is 0 Å². The third-order valence-corrected chi connectivity index (χ3v) is 5.37. The summed E-state index contributed by atoms with van der Waals surface area (Å²) < 4.78 is 10.7. The van der Waals surface area contributed by atoms with Crippen molar-refractivity contribution in [1.29, 1.82) is 0 Å². The highest BCUT2D eigenvalue weighted by Crippen LogP contribution is 2.34. The summed E-state index contributed by atoms with van der Waals surface area (Å²) in [5.41, 5.74) is 8.41. The third kappa shape index (κ3) is 2.70. The van der Waals surface area contributed by atoms with Crippen LogP contribution in [0.15, 0.2) is 72.8 Å². The first-order valence-electron chi connectivity index (χ1n) is 9.54. The van der Waals surface area contributed by atoms with E-state index < -0.39 is 0 Å². The van der Waals surface area contributed by atoms with Crippen LogP contribution in [0.5, 0.6) is 0 Å². The molecule has 0 aliphatic carbocycles. The van der Waals surface area contributed by atoms with Gasteiger partial charge in [-0.15, -0.1) is 0 Å². The number of nitrogens with zero attached hydrogens (tertiary/aromatic N) is 1. The van der Waals surface area contributed by atoms with E-state index in [0.29, 0.717) is 6.04 Å². The molecule has 4 rings (SSSR count). The monoisotopic (exact) mass is 339 g/mol. The number of hydrogen-bond acceptors (Lipinski definition) is 0. The summed E-state index contributed by atoms with van der Waals surface area (Å²) in [7, 11) is 2.07. The maximum atomic E-state index is 8.54. The van der Waals surface area contributed by atoms with Gasteiger partial charge in [-0.3, -0.25) is 0 Å². The first-order valence-corrected chi connectivity index (χ1v) is 9.04. The largest absolute Gasteiger partial charge is 0.220 e. The van der Waals surface area contributed by atoms with Gasteiger partial charge in [0.25, 0.3) is 0 Å². The van der Waals surface area contributed by atoms with Crippen LogP contribution in [-0.4, -0.2) is 0 Å². The summed E-state index contributed by atoms with van der Waals surface area (Å²) in [6.07, 6.45) is 0. The van der Waals surface area contributed by atoms with Gasteiger partial charge in [-0.2, -0.15) is 4.57 Å². The highest BCUT2D eigenvalue weighted by Gasteiger charge is 2.21. The Labute approximate surface area is 157 Å². The Morgan fingerprint density at radius 2 is 1.50 bits per heavy atom. The maximum absolute atomic E-state index is 8.54. The Bertz CT molecular complexity index is 1160.